The smallest absolute Gasteiger partial charge is 0.249 e. The number of nitrogens with zero attached hydrogens (tertiary/aromatic N) is 3. The predicted molar refractivity (Wildman–Crippen MR) is 116 cm³/mol. The van der Waals surface area contributed by atoms with Crippen molar-refractivity contribution in [1.82, 2.24) is 14.6 Å². The molecule has 3 rings (SSSR count). The third-order valence-corrected chi connectivity index (χ3v) is 6.80. The molecule has 2 aliphatic rings. The number of hydrogen-bond donors (Lipinski definition) is 2. The van der Waals surface area contributed by atoms with Crippen LogP contribution in [0.5, 0.6) is 0 Å². The van der Waals surface area contributed by atoms with Gasteiger partial charge >= 0.3 is 0 Å². The molecular weight excluding hydrogens is 441 g/mol. The van der Waals surface area contributed by atoms with E-state index in [-0.39, 0.29) is 49.1 Å². The van der Waals surface area contributed by atoms with Gasteiger partial charge in [-0.1, -0.05) is 6.07 Å². The van der Waals surface area contributed by atoms with E-state index in [1.165, 1.54) is 4.31 Å². The lowest BCUT2D eigenvalue weighted by molar-refractivity contribution is -0.131. The van der Waals surface area contributed by atoms with Crippen molar-refractivity contribution in [2.24, 2.45) is 5.73 Å². The van der Waals surface area contributed by atoms with Gasteiger partial charge in [0.25, 0.3) is 0 Å². The third-order valence-electron chi connectivity index (χ3n) is 4.93. The van der Waals surface area contributed by atoms with Gasteiger partial charge in [-0.2, -0.15) is 4.31 Å². The molecular formula is C17H29Cl2N5O4S. The number of nitrogens with one attached hydrogen (secondary N) is 1. The Bertz CT molecular complexity index is 733. The summed E-state index contributed by atoms with van der Waals surface area (Å²) in [5.41, 5.74) is 5.53. The first-order valence-electron chi connectivity index (χ1n) is 9.26. The normalized spacial score (nSPS) is 22.4. The van der Waals surface area contributed by atoms with Crippen molar-refractivity contribution in [1.29, 1.82) is 0 Å². The minimum atomic E-state index is -3.41. The summed E-state index contributed by atoms with van der Waals surface area (Å²) < 4.78 is 32.0. The first-order valence-corrected chi connectivity index (χ1v) is 10.9. The lowest BCUT2D eigenvalue weighted by Crippen LogP contribution is -2.50. The van der Waals surface area contributed by atoms with E-state index in [0.717, 1.165) is 12.2 Å². The van der Waals surface area contributed by atoms with Gasteiger partial charge in [0.05, 0.1) is 11.9 Å². The summed E-state index contributed by atoms with van der Waals surface area (Å²) in [6.45, 7) is 2.49. The zero-order valence-corrected chi connectivity index (χ0v) is 18.6. The van der Waals surface area contributed by atoms with Gasteiger partial charge < -0.3 is 20.7 Å². The van der Waals surface area contributed by atoms with Crippen LogP contribution in [-0.4, -0.2) is 80.8 Å². The number of carbonyl (C=O) groups is 1. The van der Waals surface area contributed by atoms with E-state index < -0.39 is 16.1 Å². The van der Waals surface area contributed by atoms with Crippen molar-refractivity contribution < 1.29 is 17.9 Å². The van der Waals surface area contributed by atoms with Gasteiger partial charge in [0.15, 0.2) is 0 Å². The van der Waals surface area contributed by atoms with Crippen LogP contribution in [0.3, 0.4) is 0 Å². The number of nitrogens with two attached hydrogens (primary N) is 1. The van der Waals surface area contributed by atoms with Crippen LogP contribution in [0.25, 0.3) is 0 Å². The molecule has 12 heteroatoms. The highest BCUT2D eigenvalue weighted by atomic mass is 35.5. The molecule has 1 amide bonds. The van der Waals surface area contributed by atoms with Crippen LogP contribution in [0.15, 0.2) is 24.4 Å². The molecule has 3 N–H and O–H groups in total. The predicted octanol–water partition coefficient (Wildman–Crippen LogP) is -0.000500. The highest BCUT2D eigenvalue weighted by Gasteiger charge is 2.31. The Morgan fingerprint density at radius 1 is 1.21 bits per heavy atom. The molecule has 0 unspecified atom stereocenters. The number of aromatic nitrogens is 1. The van der Waals surface area contributed by atoms with Crippen molar-refractivity contribution in [3.05, 3.63) is 24.4 Å². The Morgan fingerprint density at radius 2 is 1.93 bits per heavy atom. The van der Waals surface area contributed by atoms with Crippen molar-refractivity contribution >= 4 is 46.6 Å². The number of piperazine rings is 1. The lowest BCUT2D eigenvalue weighted by Gasteiger charge is -2.34. The van der Waals surface area contributed by atoms with Crippen molar-refractivity contribution in [2.75, 3.05) is 49.9 Å². The van der Waals surface area contributed by atoms with Crippen LogP contribution in [0, 0.1) is 0 Å². The maximum absolute atomic E-state index is 12.5. The van der Waals surface area contributed by atoms with Gasteiger partial charge in [0.1, 0.15) is 11.9 Å². The highest BCUT2D eigenvalue weighted by Crippen LogP contribution is 2.19. The Morgan fingerprint density at radius 3 is 2.52 bits per heavy atom. The van der Waals surface area contributed by atoms with Gasteiger partial charge in [-0.15, -0.1) is 24.8 Å². The number of sulfonamides is 1. The Hall–Kier alpha value is -1.17. The molecule has 1 aromatic rings. The summed E-state index contributed by atoms with van der Waals surface area (Å²) >= 11 is 0. The fourth-order valence-electron chi connectivity index (χ4n) is 3.35. The molecule has 2 atom stereocenters. The largest absolute Gasteiger partial charge is 0.364 e. The number of anilines is 1. The van der Waals surface area contributed by atoms with E-state index in [4.69, 9.17) is 10.5 Å². The summed E-state index contributed by atoms with van der Waals surface area (Å²) in [5, 5.41) is 2.67. The van der Waals surface area contributed by atoms with E-state index in [1.807, 2.05) is 18.2 Å². The summed E-state index contributed by atoms with van der Waals surface area (Å²) in [6.07, 6.45) is 2.50. The summed E-state index contributed by atoms with van der Waals surface area (Å²) in [7, 11) is -3.41. The first-order chi connectivity index (χ1) is 13.0. The van der Waals surface area contributed by atoms with Crippen LogP contribution >= 0.6 is 24.8 Å². The van der Waals surface area contributed by atoms with Gasteiger partial charge in [0.2, 0.25) is 15.9 Å². The third kappa shape index (κ3) is 6.94. The fourth-order valence-corrected chi connectivity index (χ4v) is 4.69. The molecule has 1 aromatic heterocycles. The molecule has 0 spiro atoms. The number of rotatable bonds is 7. The van der Waals surface area contributed by atoms with Gasteiger partial charge in [-0.25, -0.2) is 13.4 Å². The summed E-state index contributed by atoms with van der Waals surface area (Å²) in [4.78, 5) is 18.4. The molecule has 0 aromatic carbocycles. The van der Waals surface area contributed by atoms with Crippen molar-refractivity contribution in [2.45, 2.75) is 25.0 Å². The molecule has 0 aliphatic carbocycles. The summed E-state index contributed by atoms with van der Waals surface area (Å²) in [5.74, 6) is 0.477. The minimum Gasteiger partial charge on any atom is -0.364 e. The van der Waals surface area contributed by atoms with E-state index in [2.05, 4.69) is 15.2 Å². The van der Waals surface area contributed by atoms with E-state index in [9.17, 15) is 13.2 Å². The summed E-state index contributed by atoms with van der Waals surface area (Å²) in [6, 6.07) is 5.68. The molecule has 3 heterocycles. The zero-order valence-electron chi connectivity index (χ0n) is 16.1. The van der Waals surface area contributed by atoms with Crippen LogP contribution in [0.1, 0.15) is 12.8 Å². The number of halogens is 2. The fraction of sp³-hybridized carbons (Fsp3) is 0.647. The number of amides is 1. The van der Waals surface area contributed by atoms with Crippen LogP contribution in [0.2, 0.25) is 0 Å². The zero-order chi connectivity index (χ0) is 19.3. The average Bonchev–Trinajstić information content (AvgIpc) is 3.18. The molecule has 0 bridgehead atoms. The van der Waals surface area contributed by atoms with Crippen LogP contribution < -0.4 is 16.0 Å². The average molecular weight is 470 g/mol. The number of hydrogen-bond acceptors (Lipinski definition) is 7. The quantitative estimate of drug-likeness (QED) is 0.576. The maximum Gasteiger partial charge on any atom is 0.249 e. The lowest BCUT2D eigenvalue weighted by atomic mass is 10.2. The number of carbonyl (C=O) groups excluding carboxylic acids is 1. The van der Waals surface area contributed by atoms with Crippen molar-refractivity contribution in [3.8, 4) is 0 Å². The number of ether oxygens (including phenoxy) is 1. The van der Waals surface area contributed by atoms with Gasteiger partial charge in [0, 0.05) is 45.5 Å². The molecule has 2 saturated heterocycles. The van der Waals surface area contributed by atoms with Crippen LogP contribution in [-0.2, 0) is 19.6 Å². The molecule has 29 heavy (non-hydrogen) atoms. The molecule has 9 nitrogen and oxygen atoms in total. The molecule has 0 radical (unpaired) electrons. The second kappa shape index (κ2) is 11.9. The van der Waals surface area contributed by atoms with E-state index in [1.54, 1.807) is 6.20 Å². The molecule has 166 valence electrons. The molecule has 0 saturated carbocycles. The minimum absolute atomic E-state index is 0. The molecule has 2 fully saturated rings. The van der Waals surface area contributed by atoms with E-state index in [0.29, 0.717) is 39.1 Å². The van der Waals surface area contributed by atoms with E-state index >= 15 is 0 Å². The SMILES string of the molecule is Cl.Cl.NC[C@H]1CC[C@@H](C(=O)NCCS(=O)(=O)N2CCN(c3ccccn3)CC2)O1. The standard InChI is InChI=1S/C17H27N5O4S.2ClH/c18-13-14-4-5-15(26-14)17(23)20-7-12-27(24,25)22-10-8-21(9-11-22)16-3-1-2-6-19-16;;/h1-3,6,14-15H,4-5,7-13,18H2,(H,20,23);2*1H/t14-,15+;;/m1../s1. The Labute approximate surface area is 184 Å². The topological polar surface area (TPSA) is 118 Å². The first kappa shape index (κ1) is 25.9. The monoisotopic (exact) mass is 469 g/mol. The van der Waals surface area contributed by atoms with Gasteiger partial charge in [-0.05, 0) is 25.0 Å². The number of pyridine rings is 1. The van der Waals surface area contributed by atoms with Crippen molar-refractivity contribution in [3.63, 3.8) is 0 Å². The van der Waals surface area contributed by atoms with Gasteiger partial charge in [-0.3, -0.25) is 4.79 Å². The van der Waals surface area contributed by atoms with Crippen LogP contribution in [0.4, 0.5) is 5.82 Å². The Kier molecular flexibility index (Phi) is 10.6. The second-order valence-electron chi connectivity index (χ2n) is 6.74. The molecule has 2 aliphatic heterocycles. The highest BCUT2D eigenvalue weighted by molar-refractivity contribution is 7.89. The maximum atomic E-state index is 12.5. The second-order valence-corrected chi connectivity index (χ2v) is 8.83. The Balaban J connectivity index is 0.00000210.